The van der Waals surface area contributed by atoms with Gasteiger partial charge in [-0.05, 0) is 67.1 Å². The molecule has 2 aromatic heterocycles. The van der Waals surface area contributed by atoms with E-state index in [1.54, 1.807) is 24.3 Å². The van der Waals surface area contributed by atoms with Gasteiger partial charge in [0.2, 0.25) is 0 Å². The molecule has 0 spiro atoms. The first kappa shape index (κ1) is 19.5. The topological polar surface area (TPSA) is 58.9 Å². The number of hydrogen-bond donors (Lipinski definition) is 1. The van der Waals surface area contributed by atoms with Crippen molar-refractivity contribution in [2.45, 2.75) is 13.5 Å². The van der Waals surface area contributed by atoms with Gasteiger partial charge in [0, 0.05) is 43.4 Å². The zero-order chi connectivity index (χ0) is 21.1. The standard InChI is InChI=1S/C24H24N4O2/c1-17-4-13-23-25-20(15-28(23)14-17)16-30-22-11-5-18(6-12-22)24(29)26-19-7-9-21(10-8-19)27(2)3/h4-15H,16H2,1-3H3,(H,26,29). The van der Waals surface area contributed by atoms with Gasteiger partial charge in [-0.2, -0.15) is 0 Å². The van der Waals surface area contributed by atoms with Crippen LogP contribution in [0, 0.1) is 6.92 Å². The molecule has 2 aromatic carbocycles. The monoisotopic (exact) mass is 400 g/mol. The average Bonchev–Trinajstić information content (AvgIpc) is 3.15. The molecule has 0 saturated carbocycles. The van der Waals surface area contributed by atoms with E-state index in [1.165, 1.54) is 5.56 Å². The van der Waals surface area contributed by atoms with Crippen molar-refractivity contribution in [1.82, 2.24) is 9.38 Å². The first-order valence-corrected chi connectivity index (χ1v) is 9.74. The van der Waals surface area contributed by atoms with Crippen LogP contribution in [0.4, 0.5) is 11.4 Å². The minimum atomic E-state index is -0.158. The zero-order valence-corrected chi connectivity index (χ0v) is 17.3. The molecule has 0 aliphatic rings. The Morgan fingerprint density at radius 2 is 1.73 bits per heavy atom. The van der Waals surface area contributed by atoms with Crippen LogP contribution in [0.15, 0.2) is 73.1 Å². The summed E-state index contributed by atoms with van der Waals surface area (Å²) in [5, 5.41) is 2.91. The smallest absolute Gasteiger partial charge is 0.255 e. The Hall–Kier alpha value is -3.80. The number of benzene rings is 2. The van der Waals surface area contributed by atoms with Crippen LogP contribution in [-0.2, 0) is 6.61 Å². The first-order chi connectivity index (χ1) is 14.5. The fourth-order valence-corrected chi connectivity index (χ4v) is 3.13. The van der Waals surface area contributed by atoms with Gasteiger partial charge in [0.05, 0.1) is 5.69 Å². The van der Waals surface area contributed by atoms with Crippen LogP contribution >= 0.6 is 0 Å². The number of nitrogens with one attached hydrogen (secondary N) is 1. The summed E-state index contributed by atoms with van der Waals surface area (Å²) in [5.41, 5.74) is 5.33. The van der Waals surface area contributed by atoms with E-state index in [9.17, 15) is 4.79 Å². The molecule has 0 atom stereocenters. The van der Waals surface area contributed by atoms with Gasteiger partial charge in [0.1, 0.15) is 18.0 Å². The van der Waals surface area contributed by atoms with Gasteiger partial charge in [-0.3, -0.25) is 4.79 Å². The van der Waals surface area contributed by atoms with Crippen molar-refractivity contribution in [1.29, 1.82) is 0 Å². The molecule has 2 heterocycles. The fourth-order valence-electron chi connectivity index (χ4n) is 3.13. The number of rotatable bonds is 6. The SMILES string of the molecule is Cc1ccc2nc(COc3ccc(C(=O)Nc4ccc(N(C)C)cc4)cc3)cn2c1. The van der Waals surface area contributed by atoms with Gasteiger partial charge in [-0.1, -0.05) is 6.07 Å². The third-order valence-electron chi connectivity index (χ3n) is 4.79. The summed E-state index contributed by atoms with van der Waals surface area (Å²) in [6, 6.07) is 18.8. The minimum absolute atomic E-state index is 0.158. The lowest BCUT2D eigenvalue weighted by Crippen LogP contribution is -2.12. The lowest BCUT2D eigenvalue weighted by Gasteiger charge is -2.13. The number of ether oxygens (including phenoxy) is 1. The first-order valence-electron chi connectivity index (χ1n) is 9.74. The highest BCUT2D eigenvalue weighted by Crippen LogP contribution is 2.18. The number of aromatic nitrogens is 2. The molecule has 152 valence electrons. The van der Waals surface area contributed by atoms with Crippen molar-refractivity contribution in [3.8, 4) is 5.75 Å². The molecular weight excluding hydrogens is 376 g/mol. The van der Waals surface area contributed by atoms with Crippen LogP contribution in [-0.4, -0.2) is 29.4 Å². The summed E-state index contributed by atoms with van der Waals surface area (Å²) in [7, 11) is 3.96. The van der Waals surface area contributed by atoms with Crippen molar-refractivity contribution in [3.05, 3.63) is 89.9 Å². The molecule has 0 fully saturated rings. The second kappa shape index (κ2) is 8.29. The largest absolute Gasteiger partial charge is 0.487 e. The summed E-state index contributed by atoms with van der Waals surface area (Å²) in [6.45, 7) is 2.41. The molecule has 0 radical (unpaired) electrons. The number of aryl methyl sites for hydroxylation is 1. The van der Waals surface area contributed by atoms with E-state index in [0.29, 0.717) is 17.9 Å². The van der Waals surface area contributed by atoms with Crippen LogP contribution in [0.5, 0.6) is 5.75 Å². The molecule has 0 unspecified atom stereocenters. The Balaban J connectivity index is 1.36. The Morgan fingerprint density at radius 3 is 2.43 bits per heavy atom. The summed E-state index contributed by atoms with van der Waals surface area (Å²) in [5.74, 6) is 0.532. The van der Waals surface area contributed by atoms with Crippen molar-refractivity contribution in [2.24, 2.45) is 0 Å². The van der Waals surface area contributed by atoms with E-state index in [0.717, 1.165) is 22.7 Å². The Kier molecular flexibility index (Phi) is 5.39. The van der Waals surface area contributed by atoms with E-state index in [1.807, 2.05) is 79.1 Å². The molecule has 4 rings (SSSR count). The Bertz CT molecular complexity index is 1160. The van der Waals surface area contributed by atoms with Crippen LogP contribution in [0.25, 0.3) is 5.65 Å². The maximum absolute atomic E-state index is 12.5. The molecule has 30 heavy (non-hydrogen) atoms. The van der Waals surface area contributed by atoms with Crippen LogP contribution in [0.3, 0.4) is 0 Å². The van der Waals surface area contributed by atoms with Gasteiger partial charge in [-0.15, -0.1) is 0 Å². The van der Waals surface area contributed by atoms with Crippen molar-refractivity contribution >= 4 is 22.9 Å². The van der Waals surface area contributed by atoms with Crippen LogP contribution < -0.4 is 15.0 Å². The van der Waals surface area contributed by atoms with E-state index in [4.69, 9.17) is 4.74 Å². The lowest BCUT2D eigenvalue weighted by atomic mass is 10.2. The van der Waals surface area contributed by atoms with Crippen LogP contribution in [0.2, 0.25) is 0 Å². The highest BCUT2D eigenvalue weighted by atomic mass is 16.5. The number of fused-ring (bicyclic) bond motifs is 1. The predicted octanol–water partition coefficient (Wildman–Crippen LogP) is 4.54. The summed E-state index contributed by atoms with van der Waals surface area (Å²) in [4.78, 5) is 19.0. The number of carbonyl (C=O) groups is 1. The van der Waals surface area contributed by atoms with Gasteiger partial charge in [0.15, 0.2) is 0 Å². The molecule has 1 N–H and O–H groups in total. The summed E-state index contributed by atoms with van der Waals surface area (Å²) >= 11 is 0. The highest BCUT2D eigenvalue weighted by Gasteiger charge is 2.08. The molecule has 6 nitrogen and oxygen atoms in total. The van der Waals surface area contributed by atoms with Gasteiger partial charge in [-0.25, -0.2) is 4.98 Å². The number of hydrogen-bond acceptors (Lipinski definition) is 4. The summed E-state index contributed by atoms with van der Waals surface area (Å²) in [6.07, 6.45) is 4.00. The maximum atomic E-state index is 12.5. The number of nitrogens with zero attached hydrogens (tertiary/aromatic N) is 3. The van der Waals surface area contributed by atoms with E-state index < -0.39 is 0 Å². The third-order valence-corrected chi connectivity index (χ3v) is 4.79. The number of pyridine rings is 1. The summed E-state index contributed by atoms with van der Waals surface area (Å²) < 4.78 is 7.82. The molecule has 4 aromatic rings. The Labute approximate surface area is 175 Å². The number of anilines is 2. The normalized spacial score (nSPS) is 10.8. The second-order valence-corrected chi connectivity index (χ2v) is 7.41. The fraction of sp³-hybridized carbons (Fsp3) is 0.167. The van der Waals surface area contributed by atoms with E-state index in [-0.39, 0.29) is 5.91 Å². The predicted molar refractivity (Wildman–Crippen MR) is 119 cm³/mol. The van der Waals surface area contributed by atoms with Gasteiger partial charge in [0.25, 0.3) is 5.91 Å². The minimum Gasteiger partial charge on any atom is -0.487 e. The second-order valence-electron chi connectivity index (χ2n) is 7.41. The number of imidazole rings is 1. The van der Waals surface area contributed by atoms with Crippen molar-refractivity contribution in [3.63, 3.8) is 0 Å². The van der Waals surface area contributed by atoms with Gasteiger partial charge < -0.3 is 19.4 Å². The van der Waals surface area contributed by atoms with E-state index in [2.05, 4.69) is 10.3 Å². The van der Waals surface area contributed by atoms with E-state index >= 15 is 0 Å². The maximum Gasteiger partial charge on any atom is 0.255 e. The van der Waals surface area contributed by atoms with Crippen LogP contribution in [0.1, 0.15) is 21.6 Å². The molecule has 0 saturated heterocycles. The zero-order valence-electron chi connectivity index (χ0n) is 17.3. The quantitative estimate of drug-likeness (QED) is 0.516. The molecule has 1 amide bonds. The Morgan fingerprint density at radius 1 is 1.00 bits per heavy atom. The van der Waals surface area contributed by atoms with Crippen molar-refractivity contribution < 1.29 is 9.53 Å². The molecule has 0 bridgehead atoms. The van der Waals surface area contributed by atoms with Crippen molar-refractivity contribution in [2.75, 3.05) is 24.3 Å². The highest BCUT2D eigenvalue weighted by molar-refractivity contribution is 6.04. The molecule has 6 heteroatoms. The molecule has 0 aliphatic carbocycles. The third kappa shape index (κ3) is 4.43. The lowest BCUT2D eigenvalue weighted by molar-refractivity contribution is 0.102. The number of amides is 1. The molecule has 0 aliphatic heterocycles. The van der Waals surface area contributed by atoms with Gasteiger partial charge >= 0.3 is 0 Å². The average molecular weight is 400 g/mol. The number of carbonyl (C=O) groups excluding carboxylic acids is 1. The molecular formula is C24H24N4O2.